The molecule has 0 spiro atoms. The molecule has 1 amide bonds. The Morgan fingerprint density at radius 3 is 2.54 bits per heavy atom. The summed E-state index contributed by atoms with van der Waals surface area (Å²) in [6, 6.07) is 12.5. The first kappa shape index (κ1) is 16.2. The van der Waals surface area contributed by atoms with Crippen molar-refractivity contribution in [1.82, 2.24) is 20.1 Å². The van der Waals surface area contributed by atoms with Gasteiger partial charge >= 0.3 is 6.18 Å². The summed E-state index contributed by atoms with van der Waals surface area (Å²) in [4.78, 5) is 16.8. The van der Waals surface area contributed by atoms with Gasteiger partial charge in [-0.15, -0.1) is 16.4 Å². The molecule has 0 fully saturated rings. The number of carbonyl (C=O) groups is 1. The Bertz CT molecular complexity index is 828. The van der Waals surface area contributed by atoms with E-state index >= 15 is 0 Å². The zero-order chi connectivity index (χ0) is 17.2. The second kappa shape index (κ2) is 6.44. The molecule has 0 aliphatic heterocycles. The predicted octanol–water partition coefficient (Wildman–Crippen LogP) is 3.29. The first-order valence-electron chi connectivity index (χ1n) is 6.85. The Kier molecular flexibility index (Phi) is 4.34. The molecule has 0 unspecified atom stereocenters. The normalized spacial score (nSPS) is 11.5. The van der Waals surface area contributed by atoms with E-state index in [0.29, 0.717) is 11.5 Å². The number of halogens is 3. The number of nitrogens with one attached hydrogen (secondary N) is 1. The third kappa shape index (κ3) is 3.62. The van der Waals surface area contributed by atoms with Crippen molar-refractivity contribution in [2.24, 2.45) is 0 Å². The fourth-order valence-electron chi connectivity index (χ4n) is 1.98. The summed E-state index contributed by atoms with van der Waals surface area (Å²) in [5.41, 5.74) is 0.656. The highest BCUT2D eigenvalue weighted by molar-refractivity contribution is 7.13. The lowest BCUT2D eigenvalue weighted by Gasteiger charge is -2.05. The predicted molar refractivity (Wildman–Crippen MR) is 83.1 cm³/mol. The van der Waals surface area contributed by atoms with Gasteiger partial charge in [-0.3, -0.25) is 4.79 Å². The summed E-state index contributed by atoms with van der Waals surface area (Å²) >= 11 is 1.39. The van der Waals surface area contributed by atoms with Crippen LogP contribution >= 0.6 is 11.3 Å². The molecule has 0 radical (unpaired) electrons. The van der Waals surface area contributed by atoms with Crippen molar-refractivity contribution < 1.29 is 18.0 Å². The fraction of sp³-hybridized carbons (Fsp3) is 0.133. The molecule has 9 heteroatoms. The van der Waals surface area contributed by atoms with Crippen molar-refractivity contribution in [1.29, 1.82) is 0 Å². The highest BCUT2D eigenvalue weighted by Gasteiger charge is 2.29. The summed E-state index contributed by atoms with van der Waals surface area (Å²) in [6.45, 7) is -1.43. The monoisotopic (exact) mass is 352 g/mol. The molecule has 0 bridgehead atoms. The molecule has 1 N–H and O–H groups in total. The summed E-state index contributed by atoms with van der Waals surface area (Å²) in [5, 5.41) is 7.68. The van der Waals surface area contributed by atoms with E-state index in [1.54, 1.807) is 35.6 Å². The van der Waals surface area contributed by atoms with Gasteiger partial charge in [0.1, 0.15) is 6.54 Å². The third-order valence-corrected chi connectivity index (χ3v) is 3.87. The largest absolute Gasteiger partial charge is 0.405 e. The Morgan fingerprint density at radius 1 is 1.17 bits per heavy atom. The molecule has 0 aliphatic rings. The van der Waals surface area contributed by atoms with Gasteiger partial charge in [0, 0.05) is 0 Å². The van der Waals surface area contributed by atoms with E-state index in [0.717, 1.165) is 4.88 Å². The quantitative estimate of drug-likeness (QED) is 0.784. The maximum Gasteiger partial charge on any atom is 0.405 e. The van der Waals surface area contributed by atoms with Crippen molar-refractivity contribution in [3.05, 3.63) is 53.7 Å². The second-order valence-electron chi connectivity index (χ2n) is 4.78. The minimum Gasteiger partial charge on any atom is -0.340 e. The van der Waals surface area contributed by atoms with Crippen LogP contribution in [-0.4, -0.2) is 33.4 Å². The van der Waals surface area contributed by atoms with E-state index in [2.05, 4.69) is 10.1 Å². The van der Waals surface area contributed by atoms with Crippen LogP contribution in [0.5, 0.6) is 0 Å². The van der Waals surface area contributed by atoms with Crippen molar-refractivity contribution in [2.75, 3.05) is 6.54 Å². The van der Waals surface area contributed by atoms with E-state index in [-0.39, 0.29) is 5.82 Å². The molecule has 3 aromatic rings. The Morgan fingerprint density at radius 2 is 1.92 bits per heavy atom. The smallest absolute Gasteiger partial charge is 0.340 e. The number of amides is 1. The van der Waals surface area contributed by atoms with Gasteiger partial charge in [0.25, 0.3) is 5.91 Å². The summed E-state index contributed by atoms with van der Waals surface area (Å²) in [5.74, 6) is -0.889. The topological polar surface area (TPSA) is 59.8 Å². The van der Waals surface area contributed by atoms with Crippen LogP contribution < -0.4 is 5.32 Å². The zero-order valence-electron chi connectivity index (χ0n) is 12.1. The van der Waals surface area contributed by atoms with Crippen LogP contribution in [0.3, 0.4) is 0 Å². The van der Waals surface area contributed by atoms with Crippen LogP contribution in [0.15, 0.2) is 47.8 Å². The number of aromatic nitrogens is 3. The van der Waals surface area contributed by atoms with Crippen LogP contribution in [0.25, 0.3) is 16.4 Å². The Hall–Kier alpha value is -2.68. The Balaban J connectivity index is 1.97. The van der Waals surface area contributed by atoms with Crippen LogP contribution in [-0.2, 0) is 0 Å². The minimum absolute atomic E-state index is 0.313. The van der Waals surface area contributed by atoms with E-state index in [1.165, 1.54) is 16.0 Å². The highest BCUT2D eigenvalue weighted by Crippen LogP contribution is 2.25. The van der Waals surface area contributed by atoms with Gasteiger partial charge in [0.2, 0.25) is 5.82 Å². The molecule has 0 saturated carbocycles. The van der Waals surface area contributed by atoms with Crippen molar-refractivity contribution >= 4 is 17.2 Å². The Labute approximate surface area is 138 Å². The number of carbonyl (C=O) groups excluding carboxylic acids is 1. The lowest BCUT2D eigenvalue weighted by Crippen LogP contribution is -2.34. The van der Waals surface area contributed by atoms with Crippen LogP contribution in [0, 0.1) is 0 Å². The molecule has 0 aliphatic carbocycles. The lowest BCUT2D eigenvalue weighted by atomic mass is 10.3. The number of thiophene rings is 1. The molecule has 3 rings (SSSR count). The van der Waals surface area contributed by atoms with E-state index in [4.69, 9.17) is 0 Å². The first-order chi connectivity index (χ1) is 11.4. The van der Waals surface area contributed by atoms with Gasteiger partial charge in [-0.2, -0.15) is 13.2 Å². The minimum atomic E-state index is -4.49. The van der Waals surface area contributed by atoms with Crippen molar-refractivity contribution in [2.45, 2.75) is 6.18 Å². The molecular formula is C15H11F3N4OS. The number of benzene rings is 1. The van der Waals surface area contributed by atoms with Gasteiger partial charge < -0.3 is 5.32 Å². The average molecular weight is 352 g/mol. The van der Waals surface area contributed by atoms with Crippen molar-refractivity contribution in [3.63, 3.8) is 0 Å². The van der Waals surface area contributed by atoms with Gasteiger partial charge in [-0.25, -0.2) is 9.67 Å². The second-order valence-corrected chi connectivity index (χ2v) is 5.73. The van der Waals surface area contributed by atoms with Crippen LogP contribution in [0.2, 0.25) is 0 Å². The van der Waals surface area contributed by atoms with E-state index in [1.807, 2.05) is 17.5 Å². The maximum atomic E-state index is 12.2. The molecule has 124 valence electrons. The summed E-state index contributed by atoms with van der Waals surface area (Å²) in [7, 11) is 0. The van der Waals surface area contributed by atoms with E-state index < -0.39 is 18.6 Å². The van der Waals surface area contributed by atoms with Gasteiger partial charge in [-0.1, -0.05) is 24.3 Å². The van der Waals surface area contributed by atoms with E-state index in [9.17, 15) is 18.0 Å². The molecule has 0 saturated heterocycles. The molecule has 2 aromatic heterocycles. The standard InChI is InChI=1S/C15H11F3N4OS/c16-15(17,18)9-19-14(23)12-20-13(11-7-4-8-24-11)22(21-12)10-5-2-1-3-6-10/h1-8H,9H2,(H,19,23). The van der Waals surface area contributed by atoms with Gasteiger partial charge in [0.05, 0.1) is 10.6 Å². The zero-order valence-corrected chi connectivity index (χ0v) is 12.9. The maximum absolute atomic E-state index is 12.2. The fourth-order valence-corrected chi connectivity index (χ4v) is 2.68. The average Bonchev–Trinajstić information content (AvgIpc) is 3.21. The summed E-state index contributed by atoms with van der Waals surface area (Å²) in [6.07, 6.45) is -4.49. The van der Waals surface area contributed by atoms with Gasteiger partial charge in [-0.05, 0) is 23.6 Å². The number of para-hydroxylation sites is 1. The molecule has 1 aromatic carbocycles. The molecule has 0 atom stereocenters. The van der Waals surface area contributed by atoms with Gasteiger partial charge in [0.15, 0.2) is 5.82 Å². The molecular weight excluding hydrogens is 341 g/mol. The summed E-state index contributed by atoms with van der Waals surface area (Å²) < 4.78 is 38.2. The molecule has 2 heterocycles. The first-order valence-corrected chi connectivity index (χ1v) is 7.73. The molecule has 24 heavy (non-hydrogen) atoms. The van der Waals surface area contributed by atoms with Crippen molar-refractivity contribution in [3.8, 4) is 16.4 Å². The molecule has 5 nitrogen and oxygen atoms in total. The van der Waals surface area contributed by atoms with Crippen LogP contribution in [0.1, 0.15) is 10.6 Å². The number of alkyl halides is 3. The SMILES string of the molecule is O=C(NCC(F)(F)F)c1nc(-c2cccs2)n(-c2ccccc2)n1. The highest BCUT2D eigenvalue weighted by atomic mass is 32.1. The van der Waals surface area contributed by atoms with Crippen LogP contribution in [0.4, 0.5) is 13.2 Å². The lowest BCUT2D eigenvalue weighted by molar-refractivity contribution is -0.123. The number of hydrogen-bond donors (Lipinski definition) is 1. The number of nitrogens with zero attached hydrogens (tertiary/aromatic N) is 3. The third-order valence-electron chi connectivity index (χ3n) is 3.00. The number of hydrogen-bond acceptors (Lipinski definition) is 4. The number of rotatable bonds is 4.